The number of rotatable bonds is 3. The quantitative estimate of drug-likeness (QED) is 0.879. The number of benzene rings is 2. The summed E-state index contributed by atoms with van der Waals surface area (Å²) in [4.78, 5) is 17.8. The molecule has 1 N–H and O–H groups in total. The van der Waals surface area contributed by atoms with Crippen molar-refractivity contribution < 1.29 is 14.6 Å². The predicted octanol–water partition coefficient (Wildman–Crippen LogP) is 3.16. The minimum atomic E-state index is -0.0450. The van der Waals surface area contributed by atoms with Gasteiger partial charge in [0.2, 0.25) is 0 Å². The van der Waals surface area contributed by atoms with E-state index >= 15 is 0 Å². The first kappa shape index (κ1) is 15.5. The smallest absolute Gasteiger partial charge is 0.253 e. The molecule has 1 saturated heterocycles. The lowest BCUT2D eigenvalue weighted by Gasteiger charge is -2.26. The molecule has 2 aromatic rings. The van der Waals surface area contributed by atoms with Crippen LogP contribution in [0.2, 0.25) is 5.02 Å². The number of halogens is 1. The van der Waals surface area contributed by atoms with Crippen LogP contribution in [0.1, 0.15) is 5.56 Å². The molecule has 1 aliphatic heterocycles. The summed E-state index contributed by atoms with van der Waals surface area (Å²) in [7, 11) is 0. The largest absolute Gasteiger partial charge is 0.507 e. The molecule has 1 aliphatic rings. The third-order valence-electron chi connectivity index (χ3n) is 3.49. The molecule has 0 atom stereocenters. The second-order valence-electron chi connectivity index (χ2n) is 5.08. The summed E-state index contributed by atoms with van der Waals surface area (Å²) in [5.41, 5.74) is 2.08. The molecule has 0 bridgehead atoms. The Bertz CT molecular complexity index is 744. The molecule has 6 heteroatoms. The van der Waals surface area contributed by atoms with Crippen LogP contribution in [-0.2, 0) is 9.53 Å². The molecule has 0 unspecified atom stereocenters. The van der Waals surface area contributed by atoms with E-state index in [1.807, 2.05) is 24.3 Å². The maximum absolute atomic E-state index is 11.8. The molecule has 0 radical (unpaired) electrons. The topological polar surface area (TPSA) is 62.1 Å². The van der Waals surface area contributed by atoms with Crippen LogP contribution in [0.15, 0.2) is 47.5 Å². The Labute approximate surface area is 138 Å². The molecule has 23 heavy (non-hydrogen) atoms. The minimum absolute atomic E-state index is 0.0450. The maximum atomic E-state index is 11.8. The second kappa shape index (κ2) is 6.81. The van der Waals surface area contributed by atoms with Gasteiger partial charge in [-0.2, -0.15) is 0 Å². The first-order valence-corrected chi connectivity index (χ1v) is 7.52. The Morgan fingerprint density at radius 1 is 1.22 bits per heavy atom. The van der Waals surface area contributed by atoms with Crippen molar-refractivity contribution in [2.24, 2.45) is 4.99 Å². The van der Waals surface area contributed by atoms with Gasteiger partial charge in [-0.05, 0) is 42.5 Å². The van der Waals surface area contributed by atoms with Crippen molar-refractivity contribution in [3.8, 4) is 5.75 Å². The van der Waals surface area contributed by atoms with Crippen molar-refractivity contribution in [3.63, 3.8) is 0 Å². The number of hydrogen-bond donors (Lipinski definition) is 1. The fraction of sp³-hybridized carbons (Fsp3) is 0.176. The van der Waals surface area contributed by atoms with Gasteiger partial charge >= 0.3 is 0 Å². The van der Waals surface area contributed by atoms with Crippen LogP contribution in [-0.4, -0.2) is 37.0 Å². The van der Waals surface area contributed by atoms with E-state index in [1.54, 1.807) is 23.2 Å². The summed E-state index contributed by atoms with van der Waals surface area (Å²) in [5, 5.41) is 10.3. The fourth-order valence-corrected chi connectivity index (χ4v) is 2.46. The van der Waals surface area contributed by atoms with Gasteiger partial charge in [-0.1, -0.05) is 11.6 Å². The Morgan fingerprint density at radius 3 is 2.74 bits per heavy atom. The lowest BCUT2D eigenvalue weighted by atomic mass is 10.2. The zero-order valence-corrected chi connectivity index (χ0v) is 13.0. The van der Waals surface area contributed by atoms with Gasteiger partial charge in [0.25, 0.3) is 5.91 Å². The number of amides is 1. The predicted molar refractivity (Wildman–Crippen MR) is 90.0 cm³/mol. The Balaban J connectivity index is 1.76. The lowest BCUT2D eigenvalue weighted by Crippen LogP contribution is -2.41. The number of anilines is 1. The summed E-state index contributed by atoms with van der Waals surface area (Å²) < 4.78 is 5.12. The summed E-state index contributed by atoms with van der Waals surface area (Å²) in [6.07, 6.45) is 1.55. The number of aromatic hydroxyl groups is 1. The van der Waals surface area contributed by atoms with Gasteiger partial charge in [-0.25, -0.2) is 0 Å². The van der Waals surface area contributed by atoms with Crippen LogP contribution in [0.25, 0.3) is 0 Å². The van der Waals surface area contributed by atoms with Gasteiger partial charge in [0.05, 0.1) is 12.3 Å². The third kappa shape index (κ3) is 3.70. The average Bonchev–Trinajstić information content (AvgIpc) is 2.57. The second-order valence-corrected chi connectivity index (χ2v) is 5.51. The van der Waals surface area contributed by atoms with E-state index in [-0.39, 0.29) is 18.3 Å². The van der Waals surface area contributed by atoms with Crippen LogP contribution in [0, 0.1) is 0 Å². The van der Waals surface area contributed by atoms with Crippen molar-refractivity contribution in [2.75, 3.05) is 24.7 Å². The summed E-state index contributed by atoms with van der Waals surface area (Å²) >= 11 is 5.90. The highest BCUT2D eigenvalue weighted by Crippen LogP contribution is 2.23. The van der Waals surface area contributed by atoms with E-state index in [0.717, 1.165) is 5.69 Å². The first-order valence-electron chi connectivity index (χ1n) is 7.14. The van der Waals surface area contributed by atoms with Crippen LogP contribution in [0.3, 0.4) is 0 Å². The number of hydrogen-bond acceptors (Lipinski definition) is 4. The standard InChI is InChI=1S/C17H15ClN2O3/c18-13-1-6-16(21)12(9-13)10-19-14-2-4-15(5-3-14)20-7-8-23-11-17(20)22/h1-6,9-10,21H,7-8,11H2. The average molecular weight is 331 g/mol. The number of phenols is 1. The van der Waals surface area contributed by atoms with Gasteiger partial charge in [0.1, 0.15) is 12.4 Å². The molecule has 3 rings (SSSR count). The number of carbonyl (C=O) groups is 1. The first-order chi connectivity index (χ1) is 11.1. The Kier molecular flexibility index (Phi) is 4.60. The summed E-state index contributed by atoms with van der Waals surface area (Å²) in [6, 6.07) is 12.1. The SMILES string of the molecule is O=C1COCCN1c1ccc(N=Cc2cc(Cl)ccc2O)cc1. The highest BCUT2D eigenvalue weighted by atomic mass is 35.5. The molecule has 1 fully saturated rings. The van der Waals surface area contributed by atoms with Crippen LogP contribution in [0.4, 0.5) is 11.4 Å². The van der Waals surface area contributed by atoms with Crippen molar-refractivity contribution >= 4 is 35.1 Å². The van der Waals surface area contributed by atoms with E-state index < -0.39 is 0 Å². The summed E-state index contributed by atoms with van der Waals surface area (Å²) in [5.74, 6) is 0.0741. The number of phenolic OH excluding ortho intramolecular Hbond substituents is 1. The van der Waals surface area contributed by atoms with Crippen LogP contribution >= 0.6 is 11.6 Å². The molecule has 2 aromatic carbocycles. The van der Waals surface area contributed by atoms with Crippen LogP contribution in [0.5, 0.6) is 5.75 Å². The number of ether oxygens (including phenoxy) is 1. The monoisotopic (exact) mass is 330 g/mol. The lowest BCUT2D eigenvalue weighted by molar-refractivity contribution is -0.125. The molecule has 1 heterocycles. The van der Waals surface area contributed by atoms with Gasteiger partial charge in [-0.15, -0.1) is 0 Å². The van der Waals surface area contributed by atoms with Gasteiger partial charge in [0, 0.05) is 29.0 Å². The van der Waals surface area contributed by atoms with Crippen molar-refractivity contribution in [3.05, 3.63) is 53.1 Å². The Hall–Kier alpha value is -2.37. The number of aliphatic imine (C=N–C) groups is 1. The number of morpholine rings is 1. The van der Waals surface area contributed by atoms with E-state index in [1.165, 1.54) is 6.07 Å². The van der Waals surface area contributed by atoms with Crippen molar-refractivity contribution in [1.82, 2.24) is 0 Å². The molecule has 0 aliphatic carbocycles. The zero-order valence-electron chi connectivity index (χ0n) is 12.3. The minimum Gasteiger partial charge on any atom is -0.507 e. The molecule has 0 saturated carbocycles. The van der Waals surface area contributed by atoms with E-state index in [9.17, 15) is 9.90 Å². The van der Waals surface area contributed by atoms with Crippen molar-refractivity contribution in [2.45, 2.75) is 0 Å². The van der Waals surface area contributed by atoms with E-state index in [2.05, 4.69) is 4.99 Å². The summed E-state index contributed by atoms with van der Waals surface area (Å²) in [6.45, 7) is 1.21. The molecule has 1 amide bonds. The maximum Gasteiger partial charge on any atom is 0.253 e. The van der Waals surface area contributed by atoms with Gasteiger partial charge in [-0.3, -0.25) is 9.79 Å². The molecular weight excluding hydrogens is 316 g/mol. The molecule has 5 nitrogen and oxygen atoms in total. The Morgan fingerprint density at radius 2 is 2.00 bits per heavy atom. The highest BCUT2D eigenvalue weighted by Gasteiger charge is 2.19. The number of carbonyl (C=O) groups excluding carboxylic acids is 1. The molecule has 0 spiro atoms. The molecular formula is C17H15ClN2O3. The highest BCUT2D eigenvalue weighted by molar-refractivity contribution is 6.30. The van der Waals surface area contributed by atoms with Crippen molar-refractivity contribution in [1.29, 1.82) is 0 Å². The number of nitrogens with zero attached hydrogens (tertiary/aromatic N) is 2. The molecule has 0 aromatic heterocycles. The third-order valence-corrected chi connectivity index (χ3v) is 3.72. The van der Waals surface area contributed by atoms with Gasteiger partial charge < -0.3 is 14.7 Å². The van der Waals surface area contributed by atoms with Gasteiger partial charge in [0.15, 0.2) is 0 Å². The van der Waals surface area contributed by atoms with Crippen LogP contribution < -0.4 is 4.90 Å². The molecule has 118 valence electrons. The zero-order chi connectivity index (χ0) is 16.2. The fourth-order valence-electron chi connectivity index (χ4n) is 2.28. The van der Waals surface area contributed by atoms with E-state index in [4.69, 9.17) is 16.3 Å². The van der Waals surface area contributed by atoms with E-state index in [0.29, 0.717) is 29.4 Å². The normalized spacial score (nSPS) is 15.3.